The van der Waals surface area contributed by atoms with E-state index in [0.29, 0.717) is 30.1 Å². The summed E-state index contributed by atoms with van der Waals surface area (Å²) in [5.74, 6) is 0.434. The van der Waals surface area contributed by atoms with E-state index in [1.807, 2.05) is 13.0 Å². The van der Waals surface area contributed by atoms with Gasteiger partial charge in [0.25, 0.3) is 5.24 Å². The number of fused-ring (bicyclic) bond motifs is 1. The number of rotatable bonds is 4. The second-order valence-corrected chi connectivity index (χ2v) is 8.12. The van der Waals surface area contributed by atoms with Crippen LogP contribution in [0.3, 0.4) is 0 Å². The average Bonchev–Trinajstić information content (AvgIpc) is 3.03. The summed E-state index contributed by atoms with van der Waals surface area (Å²) in [6.07, 6.45) is 7.05. The fourth-order valence-electron chi connectivity index (χ4n) is 2.78. The van der Waals surface area contributed by atoms with Crippen molar-refractivity contribution < 1.29 is 9.59 Å². The number of carbonyl (C=O) groups is 2. The van der Waals surface area contributed by atoms with Crippen LogP contribution >= 0.6 is 23.1 Å². The summed E-state index contributed by atoms with van der Waals surface area (Å²) in [6, 6.07) is 5.85. The van der Waals surface area contributed by atoms with Crippen molar-refractivity contribution in [3.8, 4) is 6.07 Å². The first kappa shape index (κ1) is 19.1. The van der Waals surface area contributed by atoms with Crippen LogP contribution in [0.25, 0.3) is 6.08 Å². The highest BCUT2D eigenvalue weighted by molar-refractivity contribution is 8.13. The minimum absolute atomic E-state index is 0.0556. The van der Waals surface area contributed by atoms with E-state index in [0.717, 1.165) is 21.8 Å². The van der Waals surface area contributed by atoms with Gasteiger partial charge in [0.05, 0.1) is 12.1 Å². The van der Waals surface area contributed by atoms with Crippen LogP contribution in [0.2, 0.25) is 0 Å². The van der Waals surface area contributed by atoms with E-state index in [1.54, 1.807) is 29.4 Å². The molecule has 0 radical (unpaired) electrons. The van der Waals surface area contributed by atoms with E-state index in [-0.39, 0.29) is 11.1 Å². The second kappa shape index (κ2) is 8.84. The predicted octanol–water partition coefficient (Wildman–Crippen LogP) is 3.90. The van der Waals surface area contributed by atoms with E-state index < -0.39 is 0 Å². The van der Waals surface area contributed by atoms with Gasteiger partial charge in [0.2, 0.25) is 5.91 Å². The molecule has 1 aliphatic heterocycles. The number of hydrogen-bond donors (Lipinski definition) is 1. The molecule has 1 aliphatic rings. The number of hydrogen-bond acceptors (Lipinski definition) is 6. The fourth-order valence-corrected chi connectivity index (χ4v) is 4.58. The number of nitrogens with zero attached hydrogens (tertiary/aromatic N) is 3. The van der Waals surface area contributed by atoms with Crippen LogP contribution < -0.4 is 5.32 Å². The van der Waals surface area contributed by atoms with Crippen LogP contribution in [0, 0.1) is 11.3 Å². The molecule has 3 heterocycles. The number of anilines is 1. The lowest BCUT2D eigenvalue weighted by Crippen LogP contribution is -2.32. The van der Waals surface area contributed by atoms with E-state index in [4.69, 9.17) is 0 Å². The molecule has 1 N–H and O–H groups in total. The molecule has 2 aromatic rings. The van der Waals surface area contributed by atoms with Crippen molar-refractivity contribution >= 4 is 45.3 Å². The number of nitriles is 1. The zero-order valence-electron chi connectivity index (χ0n) is 14.8. The standard InChI is InChI=1S/C19H18N4O2S2/c1-2-26-19(25)23-9-7-14-15(10-20)18(27-16(14)12-23)22-17(24)6-5-13-4-3-8-21-11-13/h3-6,8,11H,2,7,9,12H2,1H3,(H,22,24)/b6-5+. The van der Waals surface area contributed by atoms with Crippen molar-refractivity contribution in [2.45, 2.75) is 19.9 Å². The van der Waals surface area contributed by atoms with Crippen molar-refractivity contribution in [2.24, 2.45) is 0 Å². The molecule has 6 nitrogen and oxygen atoms in total. The number of thioether (sulfide) groups is 1. The Labute approximate surface area is 165 Å². The lowest BCUT2D eigenvalue weighted by Gasteiger charge is -2.26. The molecule has 0 aromatic carbocycles. The Bertz CT molecular complexity index is 916. The molecule has 0 unspecified atom stereocenters. The summed E-state index contributed by atoms with van der Waals surface area (Å²) in [4.78, 5) is 31.1. The molecular weight excluding hydrogens is 380 g/mol. The number of amides is 2. The Morgan fingerprint density at radius 2 is 2.37 bits per heavy atom. The summed E-state index contributed by atoms with van der Waals surface area (Å²) in [6.45, 7) is 3.03. The largest absolute Gasteiger partial charge is 0.328 e. The molecule has 0 atom stereocenters. The first-order valence-electron chi connectivity index (χ1n) is 8.47. The van der Waals surface area contributed by atoms with Gasteiger partial charge in [0, 0.05) is 29.9 Å². The third-order valence-electron chi connectivity index (χ3n) is 4.04. The Balaban J connectivity index is 1.74. The number of aromatic nitrogens is 1. The van der Waals surface area contributed by atoms with Crippen LogP contribution in [0.4, 0.5) is 9.80 Å². The molecule has 0 bridgehead atoms. The third-order valence-corrected chi connectivity index (χ3v) is 5.97. The van der Waals surface area contributed by atoms with Gasteiger partial charge in [-0.25, -0.2) is 0 Å². The molecule has 2 aromatic heterocycles. The van der Waals surface area contributed by atoms with Crippen molar-refractivity contribution in [1.82, 2.24) is 9.88 Å². The smallest absolute Gasteiger partial charge is 0.281 e. The van der Waals surface area contributed by atoms with Crippen LogP contribution in [-0.4, -0.2) is 33.3 Å². The van der Waals surface area contributed by atoms with Crippen molar-refractivity contribution in [2.75, 3.05) is 17.6 Å². The quantitative estimate of drug-likeness (QED) is 0.790. The van der Waals surface area contributed by atoms with Gasteiger partial charge < -0.3 is 10.2 Å². The van der Waals surface area contributed by atoms with E-state index in [2.05, 4.69) is 16.4 Å². The summed E-state index contributed by atoms with van der Waals surface area (Å²) in [5.41, 5.74) is 2.27. The molecule has 0 fully saturated rings. The SMILES string of the molecule is CCSC(=O)N1CCc2c(sc(NC(=O)/C=C/c3cccnc3)c2C#N)C1. The molecule has 0 saturated carbocycles. The highest BCUT2D eigenvalue weighted by Crippen LogP contribution is 2.37. The van der Waals surface area contributed by atoms with E-state index in [1.165, 1.54) is 29.2 Å². The van der Waals surface area contributed by atoms with Gasteiger partial charge in [-0.1, -0.05) is 24.8 Å². The zero-order chi connectivity index (χ0) is 19.2. The normalized spacial score (nSPS) is 13.3. The minimum atomic E-state index is -0.302. The van der Waals surface area contributed by atoms with Gasteiger partial charge in [0.15, 0.2) is 0 Å². The van der Waals surface area contributed by atoms with Gasteiger partial charge in [-0.3, -0.25) is 14.6 Å². The highest BCUT2D eigenvalue weighted by Gasteiger charge is 2.27. The number of carbonyl (C=O) groups excluding carboxylic acids is 2. The van der Waals surface area contributed by atoms with Gasteiger partial charge in [-0.15, -0.1) is 11.3 Å². The Morgan fingerprint density at radius 3 is 3.07 bits per heavy atom. The second-order valence-electron chi connectivity index (χ2n) is 5.80. The molecule has 8 heteroatoms. The van der Waals surface area contributed by atoms with Gasteiger partial charge in [-0.05, 0) is 35.4 Å². The summed E-state index contributed by atoms with van der Waals surface area (Å²) >= 11 is 2.66. The molecule has 3 rings (SSSR count). The Morgan fingerprint density at radius 1 is 1.52 bits per heavy atom. The van der Waals surface area contributed by atoms with Crippen molar-refractivity contribution in [3.05, 3.63) is 52.2 Å². The molecule has 0 aliphatic carbocycles. The molecule has 138 valence electrons. The molecule has 0 saturated heterocycles. The summed E-state index contributed by atoms with van der Waals surface area (Å²) in [5, 5.41) is 12.9. The van der Waals surface area contributed by atoms with Crippen LogP contribution in [0.15, 0.2) is 30.6 Å². The molecule has 0 spiro atoms. The van der Waals surface area contributed by atoms with Crippen LogP contribution in [0.5, 0.6) is 0 Å². The highest BCUT2D eigenvalue weighted by atomic mass is 32.2. The topological polar surface area (TPSA) is 86.1 Å². The average molecular weight is 399 g/mol. The first-order valence-corrected chi connectivity index (χ1v) is 10.3. The first-order chi connectivity index (χ1) is 13.1. The molecule has 27 heavy (non-hydrogen) atoms. The molecular formula is C19H18N4O2S2. The maximum absolute atomic E-state index is 12.2. The lowest BCUT2D eigenvalue weighted by molar-refractivity contribution is -0.111. The molecule has 2 amide bonds. The maximum Gasteiger partial charge on any atom is 0.281 e. The fraction of sp³-hybridized carbons (Fsp3) is 0.263. The Hall–Kier alpha value is -2.63. The zero-order valence-corrected chi connectivity index (χ0v) is 16.4. The van der Waals surface area contributed by atoms with Crippen molar-refractivity contribution in [1.29, 1.82) is 5.26 Å². The minimum Gasteiger partial charge on any atom is -0.328 e. The van der Waals surface area contributed by atoms with Crippen LogP contribution in [0.1, 0.15) is 28.5 Å². The maximum atomic E-state index is 12.2. The predicted molar refractivity (Wildman–Crippen MR) is 109 cm³/mol. The van der Waals surface area contributed by atoms with E-state index in [9.17, 15) is 14.9 Å². The van der Waals surface area contributed by atoms with Gasteiger partial charge in [0.1, 0.15) is 11.1 Å². The van der Waals surface area contributed by atoms with E-state index >= 15 is 0 Å². The Kier molecular flexibility index (Phi) is 6.27. The van der Waals surface area contributed by atoms with Gasteiger partial charge in [-0.2, -0.15) is 5.26 Å². The summed E-state index contributed by atoms with van der Waals surface area (Å²) in [7, 11) is 0. The summed E-state index contributed by atoms with van der Waals surface area (Å²) < 4.78 is 0. The van der Waals surface area contributed by atoms with Crippen LogP contribution in [-0.2, 0) is 17.8 Å². The van der Waals surface area contributed by atoms with Gasteiger partial charge >= 0.3 is 0 Å². The lowest BCUT2D eigenvalue weighted by atomic mass is 10.0. The number of thiophene rings is 1. The monoisotopic (exact) mass is 398 g/mol. The number of nitrogens with one attached hydrogen (secondary N) is 1. The van der Waals surface area contributed by atoms with Crippen molar-refractivity contribution in [3.63, 3.8) is 0 Å². The third kappa shape index (κ3) is 4.56. The number of pyridine rings is 1.